The molecule has 2 aromatic rings. The van der Waals surface area contributed by atoms with Crippen LogP contribution in [0.15, 0.2) is 15.8 Å². The van der Waals surface area contributed by atoms with E-state index in [1.54, 1.807) is 6.33 Å². The van der Waals surface area contributed by atoms with Crippen LogP contribution in [-0.2, 0) is 32.4 Å². The van der Waals surface area contributed by atoms with Gasteiger partial charge in [-0.3, -0.25) is 0 Å². The summed E-state index contributed by atoms with van der Waals surface area (Å²) < 4.78 is 7.46. The Morgan fingerprint density at radius 2 is 2.00 bits per heavy atom. The maximum atomic E-state index is 5.41. The van der Waals surface area contributed by atoms with E-state index in [0.717, 1.165) is 67.7 Å². The number of rotatable bonds is 9. The second-order valence-corrected chi connectivity index (χ2v) is 5.65. The molecular weight excluding hydrogens is 318 g/mol. The Balaban J connectivity index is 1.97. The van der Waals surface area contributed by atoms with E-state index in [4.69, 9.17) is 4.52 Å². The predicted molar refractivity (Wildman–Crippen MR) is 97.5 cm³/mol. The molecule has 0 saturated carbocycles. The van der Waals surface area contributed by atoms with E-state index in [1.165, 1.54) is 0 Å². The zero-order chi connectivity index (χ0) is 18.1. The zero-order valence-corrected chi connectivity index (χ0v) is 15.7. The summed E-state index contributed by atoms with van der Waals surface area (Å²) in [6.07, 6.45) is 4.32. The first-order valence-corrected chi connectivity index (χ1v) is 9.08. The minimum atomic E-state index is 0.567. The maximum Gasteiger partial charge on any atom is 0.191 e. The molecule has 0 aliphatic carbocycles. The standard InChI is InChI=1S/C17H29N7O/c1-5-14-13(15(6-2)25-23-14)11-20-17(18-8-4)19-9-10-24-12-21-22-16(24)7-3/h12H,5-11H2,1-4H3,(H2,18,19,20). The fourth-order valence-electron chi connectivity index (χ4n) is 2.65. The van der Waals surface area contributed by atoms with Crippen molar-refractivity contribution in [1.29, 1.82) is 0 Å². The third-order valence-corrected chi connectivity index (χ3v) is 4.00. The first-order chi connectivity index (χ1) is 12.2. The summed E-state index contributed by atoms with van der Waals surface area (Å²) in [5.41, 5.74) is 2.10. The molecular formula is C17H29N7O. The highest BCUT2D eigenvalue weighted by molar-refractivity contribution is 5.79. The highest BCUT2D eigenvalue weighted by Crippen LogP contribution is 2.16. The highest BCUT2D eigenvalue weighted by Gasteiger charge is 2.13. The van der Waals surface area contributed by atoms with Crippen molar-refractivity contribution < 1.29 is 4.52 Å². The maximum absolute atomic E-state index is 5.41. The molecule has 8 heteroatoms. The van der Waals surface area contributed by atoms with E-state index in [-0.39, 0.29) is 0 Å². The number of aliphatic imine (C=N–C) groups is 1. The van der Waals surface area contributed by atoms with Gasteiger partial charge < -0.3 is 19.7 Å². The topological polar surface area (TPSA) is 93.2 Å². The van der Waals surface area contributed by atoms with Gasteiger partial charge in [-0.25, -0.2) is 4.99 Å². The van der Waals surface area contributed by atoms with Gasteiger partial charge in [0.25, 0.3) is 0 Å². The van der Waals surface area contributed by atoms with Crippen LogP contribution in [0.2, 0.25) is 0 Å². The van der Waals surface area contributed by atoms with Gasteiger partial charge in [0.15, 0.2) is 5.96 Å². The highest BCUT2D eigenvalue weighted by atomic mass is 16.5. The fourth-order valence-corrected chi connectivity index (χ4v) is 2.65. The predicted octanol–water partition coefficient (Wildman–Crippen LogP) is 1.71. The lowest BCUT2D eigenvalue weighted by Crippen LogP contribution is -2.39. The molecule has 2 rings (SSSR count). The number of hydrogen-bond donors (Lipinski definition) is 2. The summed E-state index contributed by atoms with van der Waals surface area (Å²) in [4.78, 5) is 4.69. The van der Waals surface area contributed by atoms with Crippen molar-refractivity contribution in [2.45, 2.75) is 60.0 Å². The van der Waals surface area contributed by atoms with Gasteiger partial charge in [-0.2, -0.15) is 0 Å². The molecule has 0 fully saturated rings. The van der Waals surface area contributed by atoms with Crippen molar-refractivity contribution >= 4 is 5.96 Å². The van der Waals surface area contributed by atoms with E-state index in [9.17, 15) is 0 Å². The molecule has 2 aromatic heterocycles. The van der Waals surface area contributed by atoms with E-state index in [1.807, 2.05) is 0 Å². The molecule has 2 heterocycles. The van der Waals surface area contributed by atoms with Gasteiger partial charge in [-0.15, -0.1) is 10.2 Å². The lowest BCUT2D eigenvalue weighted by atomic mass is 10.1. The molecule has 25 heavy (non-hydrogen) atoms. The van der Waals surface area contributed by atoms with Crippen LogP contribution in [0.25, 0.3) is 0 Å². The Bertz CT molecular complexity index is 653. The first-order valence-electron chi connectivity index (χ1n) is 9.08. The normalized spacial score (nSPS) is 11.8. The molecule has 0 unspecified atom stereocenters. The average Bonchev–Trinajstić information content (AvgIpc) is 3.25. The van der Waals surface area contributed by atoms with Crippen LogP contribution in [0.1, 0.15) is 50.5 Å². The van der Waals surface area contributed by atoms with Crippen LogP contribution in [-0.4, -0.2) is 39.0 Å². The molecule has 0 spiro atoms. The van der Waals surface area contributed by atoms with Crippen LogP contribution in [0.3, 0.4) is 0 Å². The molecule has 8 nitrogen and oxygen atoms in total. The number of aryl methyl sites for hydroxylation is 3. The minimum absolute atomic E-state index is 0.567. The van der Waals surface area contributed by atoms with Crippen LogP contribution in [0.4, 0.5) is 0 Å². The van der Waals surface area contributed by atoms with Crippen molar-refractivity contribution in [3.63, 3.8) is 0 Å². The molecule has 0 radical (unpaired) electrons. The summed E-state index contributed by atoms with van der Waals surface area (Å²) in [7, 11) is 0. The number of guanidine groups is 1. The van der Waals surface area contributed by atoms with E-state index < -0.39 is 0 Å². The lowest BCUT2D eigenvalue weighted by molar-refractivity contribution is 0.380. The van der Waals surface area contributed by atoms with E-state index in [2.05, 4.69) is 63.2 Å². The second kappa shape index (κ2) is 9.80. The third-order valence-electron chi connectivity index (χ3n) is 4.00. The lowest BCUT2D eigenvalue weighted by Gasteiger charge is -2.12. The molecule has 0 aliphatic rings. The molecule has 0 aromatic carbocycles. The van der Waals surface area contributed by atoms with E-state index in [0.29, 0.717) is 6.54 Å². The Morgan fingerprint density at radius 3 is 2.68 bits per heavy atom. The SMILES string of the molecule is CCNC(=NCc1c(CC)noc1CC)NCCn1cnnc1CC. The fraction of sp³-hybridized carbons (Fsp3) is 0.647. The number of nitrogens with zero attached hydrogens (tertiary/aromatic N) is 5. The van der Waals surface area contributed by atoms with Crippen LogP contribution >= 0.6 is 0 Å². The summed E-state index contributed by atoms with van der Waals surface area (Å²) >= 11 is 0. The molecule has 138 valence electrons. The largest absolute Gasteiger partial charge is 0.361 e. The van der Waals surface area contributed by atoms with Crippen molar-refractivity contribution in [2.75, 3.05) is 13.1 Å². The minimum Gasteiger partial charge on any atom is -0.361 e. The molecule has 0 atom stereocenters. The van der Waals surface area contributed by atoms with E-state index >= 15 is 0 Å². The summed E-state index contributed by atoms with van der Waals surface area (Å²) in [6.45, 7) is 11.2. The van der Waals surface area contributed by atoms with Crippen LogP contribution < -0.4 is 10.6 Å². The Morgan fingerprint density at radius 1 is 1.16 bits per heavy atom. The van der Waals surface area contributed by atoms with Gasteiger partial charge in [0.2, 0.25) is 0 Å². The van der Waals surface area contributed by atoms with Crippen molar-refractivity contribution in [2.24, 2.45) is 4.99 Å². The summed E-state index contributed by atoms with van der Waals surface area (Å²) in [5, 5.41) is 18.8. The van der Waals surface area contributed by atoms with Crippen molar-refractivity contribution in [3.8, 4) is 0 Å². The summed E-state index contributed by atoms with van der Waals surface area (Å²) in [6, 6.07) is 0. The number of aromatic nitrogens is 4. The van der Waals surface area contributed by atoms with Gasteiger partial charge in [-0.1, -0.05) is 25.9 Å². The van der Waals surface area contributed by atoms with Crippen LogP contribution in [0.5, 0.6) is 0 Å². The zero-order valence-electron chi connectivity index (χ0n) is 15.7. The quantitative estimate of drug-likeness (QED) is 0.530. The average molecular weight is 347 g/mol. The number of hydrogen-bond acceptors (Lipinski definition) is 5. The Hall–Kier alpha value is -2.38. The van der Waals surface area contributed by atoms with Gasteiger partial charge in [-0.05, 0) is 13.3 Å². The van der Waals surface area contributed by atoms with Gasteiger partial charge in [0.1, 0.15) is 17.9 Å². The third kappa shape index (κ3) is 5.04. The number of nitrogens with one attached hydrogen (secondary N) is 2. The smallest absolute Gasteiger partial charge is 0.191 e. The van der Waals surface area contributed by atoms with Gasteiger partial charge in [0.05, 0.1) is 12.2 Å². The Kier molecular flexibility index (Phi) is 7.43. The van der Waals surface area contributed by atoms with Crippen molar-refractivity contribution in [1.82, 2.24) is 30.6 Å². The van der Waals surface area contributed by atoms with Crippen molar-refractivity contribution in [3.05, 3.63) is 29.2 Å². The molecule has 0 bridgehead atoms. The molecule has 0 saturated heterocycles. The van der Waals surface area contributed by atoms with Gasteiger partial charge in [0, 0.05) is 38.0 Å². The summed E-state index contributed by atoms with van der Waals surface area (Å²) in [5.74, 6) is 2.71. The monoisotopic (exact) mass is 347 g/mol. The Labute approximate surface area is 149 Å². The molecule has 2 N–H and O–H groups in total. The molecule has 0 amide bonds. The van der Waals surface area contributed by atoms with Gasteiger partial charge >= 0.3 is 0 Å². The first kappa shape index (κ1) is 19.0. The van der Waals surface area contributed by atoms with Crippen LogP contribution in [0, 0.1) is 0 Å². The molecule has 0 aliphatic heterocycles. The second-order valence-electron chi connectivity index (χ2n) is 5.65.